The Labute approximate surface area is 112 Å². The fraction of sp³-hybridized carbons (Fsp3) is 0.571. The van der Waals surface area contributed by atoms with Gasteiger partial charge in [0.15, 0.2) is 0 Å². The third kappa shape index (κ3) is 2.69. The molecule has 0 radical (unpaired) electrons. The van der Waals surface area contributed by atoms with E-state index in [1.54, 1.807) is 0 Å². The summed E-state index contributed by atoms with van der Waals surface area (Å²) in [6.45, 7) is 1.67. The maximum Gasteiger partial charge on any atom is 0.321 e. The van der Waals surface area contributed by atoms with E-state index in [1.807, 2.05) is 4.90 Å². The molecule has 1 saturated heterocycles. The molecule has 1 unspecified atom stereocenters. The molecule has 0 spiro atoms. The Balaban J connectivity index is 1.54. The minimum Gasteiger partial charge on any atom is -0.324 e. The third-order valence-corrected chi connectivity index (χ3v) is 4.31. The molecule has 19 heavy (non-hydrogen) atoms. The smallest absolute Gasteiger partial charge is 0.321 e. The van der Waals surface area contributed by atoms with Crippen molar-refractivity contribution >= 4 is 11.7 Å². The number of nitrogens with one attached hydrogen (secondary N) is 1. The molecule has 1 aromatic heterocycles. The first-order valence-corrected chi connectivity index (χ1v) is 6.90. The van der Waals surface area contributed by atoms with Crippen LogP contribution in [0.5, 0.6) is 0 Å². The fourth-order valence-corrected chi connectivity index (χ4v) is 2.92. The van der Waals surface area contributed by atoms with E-state index in [0.717, 1.165) is 25.4 Å². The lowest BCUT2D eigenvalue weighted by Gasteiger charge is -2.31. The average molecular weight is 263 g/mol. The van der Waals surface area contributed by atoms with E-state index in [1.165, 1.54) is 37.6 Å². The van der Waals surface area contributed by atoms with E-state index < -0.39 is 5.95 Å². The van der Waals surface area contributed by atoms with Gasteiger partial charge in [-0.1, -0.05) is 19.3 Å². The van der Waals surface area contributed by atoms with Crippen LogP contribution in [0.25, 0.3) is 0 Å². The van der Waals surface area contributed by atoms with Crippen molar-refractivity contribution in [3.8, 4) is 0 Å². The molecule has 2 fully saturated rings. The minimum atomic E-state index is -0.538. The van der Waals surface area contributed by atoms with Crippen LogP contribution < -0.4 is 5.32 Å². The Kier molecular flexibility index (Phi) is 3.36. The van der Waals surface area contributed by atoms with E-state index in [9.17, 15) is 9.18 Å². The number of hydrogen-bond donors (Lipinski definition) is 1. The van der Waals surface area contributed by atoms with Gasteiger partial charge in [-0.15, -0.1) is 0 Å². The van der Waals surface area contributed by atoms with Gasteiger partial charge in [0.25, 0.3) is 0 Å². The number of rotatable bonds is 2. The summed E-state index contributed by atoms with van der Waals surface area (Å²) in [5, 5.41) is 2.76. The zero-order valence-electron chi connectivity index (χ0n) is 10.8. The molecule has 102 valence electrons. The van der Waals surface area contributed by atoms with E-state index in [2.05, 4.69) is 10.3 Å². The molecule has 2 amide bonds. The summed E-state index contributed by atoms with van der Waals surface area (Å²) in [5.74, 6) is 0.959. The second kappa shape index (κ2) is 5.15. The number of urea groups is 1. The number of carbonyl (C=O) groups excluding carboxylic acids is 1. The first-order valence-electron chi connectivity index (χ1n) is 6.90. The maximum atomic E-state index is 12.7. The van der Waals surface area contributed by atoms with Gasteiger partial charge < -0.3 is 10.2 Å². The first kappa shape index (κ1) is 12.4. The van der Waals surface area contributed by atoms with Crippen LogP contribution in [-0.4, -0.2) is 29.0 Å². The van der Waals surface area contributed by atoms with E-state index in [0.29, 0.717) is 11.6 Å². The summed E-state index contributed by atoms with van der Waals surface area (Å²) < 4.78 is 12.7. The fourth-order valence-electron chi connectivity index (χ4n) is 2.92. The van der Waals surface area contributed by atoms with Gasteiger partial charge >= 0.3 is 6.03 Å². The van der Waals surface area contributed by atoms with Crippen LogP contribution in [0.1, 0.15) is 25.7 Å². The monoisotopic (exact) mass is 263 g/mol. The van der Waals surface area contributed by atoms with E-state index in [4.69, 9.17) is 0 Å². The molecule has 0 aromatic carbocycles. The number of aromatic nitrogens is 1. The highest BCUT2D eigenvalue weighted by Gasteiger charge is 2.34. The van der Waals surface area contributed by atoms with Gasteiger partial charge in [-0.25, -0.2) is 9.78 Å². The summed E-state index contributed by atoms with van der Waals surface area (Å²) in [6.07, 6.45) is 6.44. The van der Waals surface area contributed by atoms with Gasteiger partial charge in [0, 0.05) is 13.1 Å². The SMILES string of the molecule is O=C(Nc1ccc(F)nc1)N1CCC(C2CCC2)C1. The molecule has 1 atom stereocenters. The van der Waals surface area contributed by atoms with Crippen LogP contribution in [0, 0.1) is 17.8 Å². The topological polar surface area (TPSA) is 45.2 Å². The zero-order chi connectivity index (χ0) is 13.2. The van der Waals surface area contributed by atoms with Crippen LogP contribution in [-0.2, 0) is 0 Å². The van der Waals surface area contributed by atoms with Crippen molar-refractivity contribution in [1.82, 2.24) is 9.88 Å². The highest BCUT2D eigenvalue weighted by Crippen LogP contribution is 2.38. The largest absolute Gasteiger partial charge is 0.324 e. The molecule has 0 bridgehead atoms. The molecule has 4 nitrogen and oxygen atoms in total. The van der Waals surface area contributed by atoms with Crippen molar-refractivity contribution in [1.29, 1.82) is 0 Å². The number of carbonyl (C=O) groups is 1. The molecular formula is C14H18FN3O. The molecule has 5 heteroatoms. The molecule has 2 aliphatic rings. The molecule has 2 heterocycles. The van der Waals surface area contributed by atoms with Crippen molar-refractivity contribution in [2.24, 2.45) is 11.8 Å². The second-order valence-electron chi connectivity index (χ2n) is 5.49. The zero-order valence-corrected chi connectivity index (χ0v) is 10.8. The van der Waals surface area contributed by atoms with Crippen molar-refractivity contribution < 1.29 is 9.18 Å². The normalized spacial score (nSPS) is 23.2. The first-order chi connectivity index (χ1) is 9.22. The summed E-state index contributed by atoms with van der Waals surface area (Å²) in [4.78, 5) is 17.4. The number of nitrogens with zero attached hydrogens (tertiary/aromatic N) is 2. The van der Waals surface area contributed by atoms with Crippen molar-refractivity contribution in [3.63, 3.8) is 0 Å². The molecule has 1 N–H and O–H groups in total. The maximum absolute atomic E-state index is 12.7. The lowest BCUT2D eigenvalue weighted by atomic mass is 9.75. The lowest BCUT2D eigenvalue weighted by molar-refractivity contribution is 0.196. The summed E-state index contributed by atoms with van der Waals surface area (Å²) >= 11 is 0. The Morgan fingerprint density at radius 1 is 1.32 bits per heavy atom. The summed E-state index contributed by atoms with van der Waals surface area (Å²) in [7, 11) is 0. The van der Waals surface area contributed by atoms with Crippen molar-refractivity contribution in [2.75, 3.05) is 18.4 Å². The number of halogens is 1. The highest BCUT2D eigenvalue weighted by atomic mass is 19.1. The van der Waals surface area contributed by atoms with Crippen molar-refractivity contribution in [2.45, 2.75) is 25.7 Å². The van der Waals surface area contributed by atoms with Gasteiger partial charge in [-0.05, 0) is 30.4 Å². The van der Waals surface area contributed by atoms with Crippen LogP contribution in [0.3, 0.4) is 0 Å². The number of likely N-dealkylation sites (tertiary alicyclic amines) is 1. The lowest BCUT2D eigenvalue weighted by Crippen LogP contribution is -2.34. The number of anilines is 1. The predicted molar refractivity (Wildman–Crippen MR) is 70.2 cm³/mol. The quantitative estimate of drug-likeness (QED) is 0.834. The van der Waals surface area contributed by atoms with E-state index in [-0.39, 0.29) is 6.03 Å². The second-order valence-corrected chi connectivity index (χ2v) is 5.49. The Morgan fingerprint density at radius 3 is 2.79 bits per heavy atom. The summed E-state index contributed by atoms with van der Waals surface area (Å²) in [5.41, 5.74) is 0.540. The van der Waals surface area contributed by atoms with Gasteiger partial charge in [-0.3, -0.25) is 0 Å². The van der Waals surface area contributed by atoms with E-state index >= 15 is 0 Å². The summed E-state index contributed by atoms with van der Waals surface area (Å²) in [6, 6.07) is 2.67. The highest BCUT2D eigenvalue weighted by molar-refractivity contribution is 5.89. The van der Waals surface area contributed by atoms with Crippen LogP contribution in [0.15, 0.2) is 18.3 Å². The Hall–Kier alpha value is -1.65. The molecule has 1 saturated carbocycles. The molecule has 1 aromatic rings. The number of pyridine rings is 1. The number of amides is 2. The van der Waals surface area contributed by atoms with Gasteiger partial charge in [0.2, 0.25) is 5.95 Å². The van der Waals surface area contributed by atoms with Crippen LogP contribution >= 0.6 is 0 Å². The molecule has 3 rings (SSSR count). The van der Waals surface area contributed by atoms with Crippen LogP contribution in [0.4, 0.5) is 14.9 Å². The molecule has 1 aliphatic carbocycles. The van der Waals surface area contributed by atoms with Crippen molar-refractivity contribution in [3.05, 3.63) is 24.3 Å². The minimum absolute atomic E-state index is 0.102. The van der Waals surface area contributed by atoms with Gasteiger partial charge in [-0.2, -0.15) is 4.39 Å². The third-order valence-electron chi connectivity index (χ3n) is 4.31. The van der Waals surface area contributed by atoms with Gasteiger partial charge in [0.1, 0.15) is 0 Å². The molecule has 1 aliphatic heterocycles. The predicted octanol–water partition coefficient (Wildman–Crippen LogP) is 2.87. The van der Waals surface area contributed by atoms with Crippen LogP contribution in [0.2, 0.25) is 0 Å². The average Bonchev–Trinajstić information content (AvgIpc) is 2.79. The van der Waals surface area contributed by atoms with Gasteiger partial charge in [0.05, 0.1) is 11.9 Å². The standard InChI is InChI=1S/C14H18FN3O/c15-13-5-4-12(8-16-13)17-14(19)18-7-6-11(9-18)10-2-1-3-10/h4-5,8,10-11H,1-3,6-7,9H2,(H,17,19). The number of hydrogen-bond acceptors (Lipinski definition) is 2. The molecular weight excluding hydrogens is 245 g/mol. The Morgan fingerprint density at radius 2 is 2.16 bits per heavy atom. The Bertz CT molecular complexity index is 458.